The van der Waals surface area contributed by atoms with E-state index in [9.17, 15) is 18.4 Å². The van der Waals surface area contributed by atoms with Crippen LogP contribution < -0.4 is 10.6 Å². The van der Waals surface area contributed by atoms with Gasteiger partial charge in [-0.05, 0) is 43.3 Å². The Morgan fingerprint density at radius 3 is 2.29 bits per heavy atom. The normalized spacial score (nSPS) is 11.7. The predicted molar refractivity (Wildman–Crippen MR) is 99.1 cm³/mol. The third-order valence-corrected chi connectivity index (χ3v) is 4.19. The summed E-state index contributed by atoms with van der Waals surface area (Å²) < 4.78 is 27.9. The van der Waals surface area contributed by atoms with Crippen LogP contribution in [-0.4, -0.2) is 26.6 Å². The Hall–Kier alpha value is -3.33. The maximum Gasteiger partial charge on any atom is 0.257 e. The van der Waals surface area contributed by atoms with Crippen LogP contribution >= 0.6 is 11.6 Å². The molecule has 0 fully saturated rings. The summed E-state index contributed by atoms with van der Waals surface area (Å²) in [6.07, 6.45) is 2.77. The highest BCUT2D eigenvalue weighted by Crippen LogP contribution is 2.22. The molecule has 7 nitrogen and oxygen atoms in total. The Balaban J connectivity index is 1.65. The first kappa shape index (κ1) is 19.4. The standard InChI is InChI=1S/C18H14ClF2N5O2/c1-10(26-9-22-8-23-26)17(27)24-11-2-4-12(5-3-11)25-18(28)13-6-15(20)16(21)7-14(13)19/h2-10H,1H3,(H,24,27)(H,25,28)/t10-/m1/s1. The zero-order chi connectivity index (χ0) is 20.3. The molecule has 1 aromatic heterocycles. The van der Waals surface area contributed by atoms with E-state index in [2.05, 4.69) is 20.7 Å². The van der Waals surface area contributed by atoms with E-state index < -0.39 is 23.6 Å². The van der Waals surface area contributed by atoms with Gasteiger partial charge in [-0.25, -0.2) is 18.4 Å². The lowest BCUT2D eigenvalue weighted by molar-refractivity contribution is -0.119. The molecule has 0 saturated carbocycles. The fourth-order valence-corrected chi connectivity index (χ4v) is 2.55. The molecule has 0 aliphatic rings. The van der Waals surface area contributed by atoms with E-state index >= 15 is 0 Å². The van der Waals surface area contributed by atoms with Crippen LogP contribution in [0.25, 0.3) is 0 Å². The van der Waals surface area contributed by atoms with Crippen molar-refractivity contribution in [1.82, 2.24) is 14.8 Å². The Morgan fingerprint density at radius 1 is 1.07 bits per heavy atom. The topological polar surface area (TPSA) is 88.9 Å². The number of rotatable bonds is 5. The van der Waals surface area contributed by atoms with Crippen LogP contribution in [0.1, 0.15) is 23.3 Å². The minimum absolute atomic E-state index is 0.195. The van der Waals surface area contributed by atoms with Gasteiger partial charge in [0.25, 0.3) is 5.91 Å². The Labute approximate surface area is 163 Å². The van der Waals surface area contributed by atoms with Crippen molar-refractivity contribution in [2.45, 2.75) is 13.0 Å². The molecule has 0 aliphatic heterocycles. The van der Waals surface area contributed by atoms with Crippen molar-refractivity contribution in [2.75, 3.05) is 10.6 Å². The maximum absolute atomic E-state index is 13.3. The Kier molecular flexibility index (Phi) is 5.65. The average Bonchev–Trinajstić information content (AvgIpc) is 3.20. The molecule has 0 spiro atoms. The second-order valence-corrected chi connectivity index (χ2v) is 6.23. The van der Waals surface area contributed by atoms with Crippen molar-refractivity contribution in [3.63, 3.8) is 0 Å². The number of aromatic nitrogens is 3. The molecule has 3 rings (SSSR count). The molecule has 0 aliphatic carbocycles. The van der Waals surface area contributed by atoms with Crippen LogP contribution in [0.2, 0.25) is 5.02 Å². The number of hydrogen-bond donors (Lipinski definition) is 2. The van der Waals surface area contributed by atoms with Gasteiger partial charge >= 0.3 is 0 Å². The van der Waals surface area contributed by atoms with Gasteiger partial charge in [-0.3, -0.25) is 9.59 Å². The fourth-order valence-electron chi connectivity index (χ4n) is 2.32. The van der Waals surface area contributed by atoms with Crippen LogP contribution in [0.3, 0.4) is 0 Å². The monoisotopic (exact) mass is 405 g/mol. The third-order valence-electron chi connectivity index (χ3n) is 3.88. The number of anilines is 2. The largest absolute Gasteiger partial charge is 0.324 e. The van der Waals surface area contributed by atoms with Crippen LogP contribution in [0.15, 0.2) is 49.1 Å². The highest BCUT2D eigenvalue weighted by molar-refractivity contribution is 6.34. The number of hydrogen-bond acceptors (Lipinski definition) is 4. The zero-order valence-corrected chi connectivity index (χ0v) is 15.2. The molecule has 1 heterocycles. The van der Waals surface area contributed by atoms with Crippen molar-refractivity contribution in [2.24, 2.45) is 0 Å². The van der Waals surface area contributed by atoms with E-state index in [4.69, 9.17) is 11.6 Å². The first-order chi connectivity index (χ1) is 13.3. The summed E-state index contributed by atoms with van der Waals surface area (Å²) in [7, 11) is 0. The number of nitrogens with zero attached hydrogens (tertiary/aromatic N) is 3. The van der Waals surface area contributed by atoms with Crippen molar-refractivity contribution in [1.29, 1.82) is 0 Å². The van der Waals surface area contributed by atoms with E-state index in [0.29, 0.717) is 11.4 Å². The molecular formula is C18H14ClF2N5O2. The molecule has 144 valence electrons. The molecule has 1 atom stereocenters. The molecule has 2 aromatic carbocycles. The van der Waals surface area contributed by atoms with E-state index in [1.54, 1.807) is 31.2 Å². The van der Waals surface area contributed by atoms with Gasteiger partial charge in [-0.15, -0.1) is 0 Å². The van der Waals surface area contributed by atoms with Crippen molar-refractivity contribution in [3.05, 3.63) is 71.3 Å². The summed E-state index contributed by atoms with van der Waals surface area (Å²) in [5.74, 6) is -3.30. The highest BCUT2D eigenvalue weighted by Gasteiger charge is 2.17. The SMILES string of the molecule is C[C@H](C(=O)Nc1ccc(NC(=O)c2cc(F)c(F)cc2Cl)cc1)n1cncn1. The smallest absolute Gasteiger partial charge is 0.257 e. The molecule has 28 heavy (non-hydrogen) atoms. The van der Waals surface area contributed by atoms with Crippen LogP contribution in [0.4, 0.5) is 20.2 Å². The first-order valence-electron chi connectivity index (χ1n) is 8.06. The van der Waals surface area contributed by atoms with Gasteiger partial charge in [-0.1, -0.05) is 11.6 Å². The molecule has 3 aromatic rings. The van der Waals surface area contributed by atoms with Gasteiger partial charge in [0.05, 0.1) is 10.6 Å². The van der Waals surface area contributed by atoms with E-state index in [0.717, 1.165) is 12.1 Å². The lowest BCUT2D eigenvalue weighted by atomic mass is 10.2. The summed E-state index contributed by atoms with van der Waals surface area (Å²) in [5, 5.41) is 8.94. The quantitative estimate of drug-likeness (QED) is 0.634. The molecule has 0 bridgehead atoms. The highest BCUT2D eigenvalue weighted by atomic mass is 35.5. The summed E-state index contributed by atoms with van der Waals surface area (Å²) in [6, 6.07) is 7.15. The molecule has 0 unspecified atom stereocenters. The van der Waals surface area contributed by atoms with E-state index in [1.165, 1.54) is 17.3 Å². The van der Waals surface area contributed by atoms with E-state index in [1.807, 2.05) is 0 Å². The molecule has 2 amide bonds. The van der Waals surface area contributed by atoms with Crippen molar-refractivity contribution < 1.29 is 18.4 Å². The Morgan fingerprint density at radius 2 is 1.68 bits per heavy atom. The molecule has 0 radical (unpaired) electrons. The van der Waals surface area contributed by atoms with Gasteiger partial charge < -0.3 is 10.6 Å². The lowest BCUT2D eigenvalue weighted by Crippen LogP contribution is -2.24. The molecule has 0 saturated heterocycles. The number of benzene rings is 2. The summed E-state index contributed by atoms with van der Waals surface area (Å²) in [5.41, 5.74) is 0.688. The number of nitrogens with one attached hydrogen (secondary N) is 2. The van der Waals surface area contributed by atoms with Gasteiger partial charge in [-0.2, -0.15) is 5.10 Å². The van der Waals surface area contributed by atoms with E-state index in [-0.39, 0.29) is 16.5 Å². The summed E-state index contributed by atoms with van der Waals surface area (Å²) >= 11 is 5.79. The molecule has 10 heteroatoms. The van der Waals surface area contributed by atoms with Gasteiger partial charge in [0.15, 0.2) is 11.6 Å². The summed E-state index contributed by atoms with van der Waals surface area (Å²) in [4.78, 5) is 28.2. The zero-order valence-electron chi connectivity index (χ0n) is 14.5. The minimum atomic E-state index is -1.17. The molecule has 2 N–H and O–H groups in total. The fraction of sp³-hybridized carbons (Fsp3) is 0.111. The maximum atomic E-state index is 13.3. The van der Waals surface area contributed by atoms with Crippen molar-refractivity contribution >= 4 is 34.8 Å². The number of carbonyl (C=O) groups is 2. The second-order valence-electron chi connectivity index (χ2n) is 5.82. The first-order valence-corrected chi connectivity index (χ1v) is 8.44. The van der Waals surface area contributed by atoms with Crippen LogP contribution in [0.5, 0.6) is 0 Å². The predicted octanol–water partition coefficient (Wildman–Crippen LogP) is 3.66. The van der Waals surface area contributed by atoms with Gasteiger partial charge in [0.1, 0.15) is 18.7 Å². The average molecular weight is 406 g/mol. The van der Waals surface area contributed by atoms with Crippen LogP contribution in [0, 0.1) is 11.6 Å². The second kappa shape index (κ2) is 8.13. The number of halogens is 3. The van der Waals surface area contributed by atoms with Gasteiger partial charge in [0, 0.05) is 11.4 Å². The van der Waals surface area contributed by atoms with Crippen LogP contribution in [-0.2, 0) is 4.79 Å². The number of amides is 2. The minimum Gasteiger partial charge on any atom is -0.324 e. The number of carbonyl (C=O) groups excluding carboxylic acids is 2. The third kappa shape index (κ3) is 4.32. The summed E-state index contributed by atoms with van der Waals surface area (Å²) in [6.45, 7) is 1.67. The Bertz CT molecular complexity index is 1010. The molecular weight excluding hydrogens is 392 g/mol. The van der Waals surface area contributed by atoms with Gasteiger partial charge in [0.2, 0.25) is 5.91 Å². The van der Waals surface area contributed by atoms with Crippen molar-refractivity contribution in [3.8, 4) is 0 Å². The lowest BCUT2D eigenvalue weighted by Gasteiger charge is -2.13.